The van der Waals surface area contributed by atoms with Crippen LogP contribution in [0.3, 0.4) is 0 Å². The molecule has 2 fully saturated rings. The standard InChI is InChI=1S/C10H12Br2O2S/c11-7-3-9-1-2-10(9,4-8(7)12)6-15(13,14)5-9/h1-2,7-8H,3-6H2. The smallest absolute Gasteiger partial charge is 0.152 e. The first kappa shape index (κ1) is 10.8. The molecule has 1 heterocycles. The first-order chi connectivity index (χ1) is 6.88. The average Bonchev–Trinajstić information content (AvgIpc) is 2.25. The lowest BCUT2D eigenvalue weighted by atomic mass is 9.51. The second kappa shape index (κ2) is 2.91. The van der Waals surface area contributed by atoms with Crippen molar-refractivity contribution < 1.29 is 8.42 Å². The number of hydrogen-bond donors (Lipinski definition) is 0. The Morgan fingerprint density at radius 2 is 1.40 bits per heavy atom. The molecule has 1 saturated heterocycles. The monoisotopic (exact) mass is 354 g/mol. The van der Waals surface area contributed by atoms with E-state index in [1.54, 1.807) is 0 Å². The summed E-state index contributed by atoms with van der Waals surface area (Å²) in [4.78, 5) is 0.785. The number of halogens is 2. The van der Waals surface area contributed by atoms with E-state index in [0.717, 1.165) is 12.8 Å². The third-order valence-electron chi connectivity index (χ3n) is 4.18. The zero-order valence-corrected chi connectivity index (χ0v) is 12.1. The molecule has 0 aromatic carbocycles. The Morgan fingerprint density at radius 1 is 1.00 bits per heavy atom. The molecule has 0 amide bonds. The van der Waals surface area contributed by atoms with Crippen molar-refractivity contribution in [2.45, 2.75) is 22.5 Å². The van der Waals surface area contributed by atoms with E-state index in [-0.39, 0.29) is 10.8 Å². The van der Waals surface area contributed by atoms with Crippen LogP contribution in [-0.2, 0) is 9.84 Å². The largest absolute Gasteiger partial charge is 0.229 e. The highest BCUT2D eigenvalue weighted by Gasteiger charge is 2.65. The minimum Gasteiger partial charge on any atom is -0.229 e. The predicted octanol–water partition coefficient (Wildman–Crippen LogP) is 2.28. The molecule has 5 heteroatoms. The lowest BCUT2D eigenvalue weighted by molar-refractivity contribution is 0.109. The minimum absolute atomic E-state index is 0.0513. The van der Waals surface area contributed by atoms with Crippen LogP contribution in [0.1, 0.15) is 12.8 Å². The Labute approximate surface area is 107 Å². The molecule has 0 aromatic rings. The molecule has 3 aliphatic rings. The van der Waals surface area contributed by atoms with Crippen molar-refractivity contribution in [1.82, 2.24) is 0 Å². The summed E-state index contributed by atoms with van der Waals surface area (Å²) in [7, 11) is -2.83. The van der Waals surface area contributed by atoms with Gasteiger partial charge in [-0.3, -0.25) is 0 Å². The zero-order valence-electron chi connectivity index (χ0n) is 8.12. The third-order valence-corrected chi connectivity index (χ3v) is 8.72. The van der Waals surface area contributed by atoms with E-state index in [1.165, 1.54) is 0 Å². The first-order valence-electron chi connectivity index (χ1n) is 5.07. The molecular formula is C10H12Br2O2S. The Balaban J connectivity index is 2.06. The Morgan fingerprint density at radius 3 is 1.73 bits per heavy atom. The van der Waals surface area contributed by atoms with Crippen molar-refractivity contribution in [1.29, 1.82) is 0 Å². The van der Waals surface area contributed by atoms with Gasteiger partial charge in [0.05, 0.1) is 11.5 Å². The topological polar surface area (TPSA) is 34.1 Å². The maximum absolute atomic E-state index is 11.8. The van der Waals surface area contributed by atoms with Gasteiger partial charge in [-0.05, 0) is 12.8 Å². The van der Waals surface area contributed by atoms with Crippen LogP contribution in [-0.4, -0.2) is 29.6 Å². The van der Waals surface area contributed by atoms with Crippen molar-refractivity contribution in [3.8, 4) is 0 Å². The van der Waals surface area contributed by atoms with E-state index in [0.29, 0.717) is 21.2 Å². The van der Waals surface area contributed by atoms with E-state index in [9.17, 15) is 8.42 Å². The molecule has 4 atom stereocenters. The summed E-state index contributed by atoms with van der Waals surface area (Å²) < 4.78 is 23.6. The SMILES string of the molecule is O=S1(=O)CC23C=CC2(CC(Br)C(Br)C3)C1. The molecule has 0 N–H and O–H groups in total. The first-order valence-corrected chi connectivity index (χ1v) is 8.72. The van der Waals surface area contributed by atoms with Gasteiger partial charge in [-0.25, -0.2) is 8.42 Å². The summed E-state index contributed by atoms with van der Waals surface area (Å²) in [5.41, 5.74) is -0.103. The molecule has 0 spiro atoms. The predicted molar refractivity (Wildman–Crippen MR) is 67.3 cm³/mol. The van der Waals surface area contributed by atoms with Gasteiger partial charge in [0.2, 0.25) is 0 Å². The van der Waals surface area contributed by atoms with Crippen LogP contribution in [0.5, 0.6) is 0 Å². The molecule has 0 aromatic heterocycles. The van der Waals surface area contributed by atoms with Crippen molar-refractivity contribution in [3.63, 3.8) is 0 Å². The molecule has 3 rings (SSSR count). The fourth-order valence-corrected chi connectivity index (χ4v) is 7.59. The Kier molecular flexibility index (Phi) is 2.09. The third kappa shape index (κ3) is 1.29. The van der Waals surface area contributed by atoms with Gasteiger partial charge < -0.3 is 0 Å². The second-order valence-electron chi connectivity index (χ2n) is 5.12. The molecule has 2 aliphatic carbocycles. The molecule has 15 heavy (non-hydrogen) atoms. The minimum atomic E-state index is -2.83. The molecule has 1 aliphatic heterocycles. The van der Waals surface area contributed by atoms with Gasteiger partial charge in [0, 0.05) is 20.5 Å². The van der Waals surface area contributed by atoms with Crippen molar-refractivity contribution in [2.75, 3.05) is 11.5 Å². The zero-order chi connectivity index (χ0) is 10.9. The van der Waals surface area contributed by atoms with Crippen LogP contribution in [0.4, 0.5) is 0 Å². The summed E-state index contributed by atoms with van der Waals surface area (Å²) in [6.45, 7) is 0. The maximum Gasteiger partial charge on any atom is 0.152 e. The molecule has 84 valence electrons. The van der Waals surface area contributed by atoms with Gasteiger partial charge in [0.25, 0.3) is 0 Å². The van der Waals surface area contributed by atoms with Crippen LogP contribution in [0.15, 0.2) is 12.2 Å². The summed E-state index contributed by atoms with van der Waals surface area (Å²) in [6, 6.07) is 0. The van der Waals surface area contributed by atoms with Gasteiger partial charge in [0.1, 0.15) is 0 Å². The summed E-state index contributed by atoms with van der Waals surface area (Å²) in [6.07, 6.45) is 6.15. The number of rotatable bonds is 0. The van der Waals surface area contributed by atoms with Crippen molar-refractivity contribution in [3.05, 3.63) is 12.2 Å². The summed E-state index contributed by atoms with van der Waals surface area (Å²) >= 11 is 7.29. The Hall–Kier alpha value is 0.650. The van der Waals surface area contributed by atoms with E-state index >= 15 is 0 Å². The van der Waals surface area contributed by atoms with Crippen LogP contribution >= 0.6 is 31.9 Å². The fraction of sp³-hybridized carbons (Fsp3) is 0.800. The van der Waals surface area contributed by atoms with E-state index in [1.807, 2.05) is 0 Å². The molecule has 0 radical (unpaired) electrons. The van der Waals surface area contributed by atoms with Gasteiger partial charge in [-0.1, -0.05) is 44.0 Å². The molecular weight excluding hydrogens is 344 g/mol. The molecule has 4 unspecified atom stereocenters. The highest BCUT2D eigenvalue weighted by molar-refractivity contribution is 9.12. The van der Waals surface area contributed by atoms with Crippen LogP contribution in [0.25, 0.3) is 0 Å². The normalized spacial score (nSPS) is 55.6. The van der Waals surface area contributed by atoms with Crippen molar-refractivity contribution in [2.24, 2.45) is 10.8 Å². The second-order valence-corrected chi connectivity index (χ2v) is 9.53. The van der Waals surface area contributed by atoms with Gasteiger partial charge >= 0.3 is 0 Å². The van der Waals surface area contributed by atoms with Crippen molar-refractivity contribution >= 4 is 41.7 Å². The van der Waals surface area contributed by atoms with Crippen LogP contribution < -0.4 is 0 Å². The van der Waals surface area contributed by atoms with Crippen LogP contribution in [0.2, 0.25) is 0 Å². The van der Waals surface area contributed by atoms with Gasteiger partial charge in [-0.15, -0.1) is 0 Å². The van der Waals surface area contributed by atoms with Gasteiger partial charge in [0.15, 0.2) is 9.84 Å². The highest BCUT2D eigenvalue weighted by Crippen LogP contribution is 2.65. The van der Waals surface area contributed by atoms with E-state index in [2.05, 4.69) is 44.0 Å². The number of sulfone groups is 1. The Bertz CT molecular complexity index is 410. The highest BCUT2D eigenvalue weighted by atomic mass is 79.9. The maximum atomic E-state index is 11.8. The van der Waals surface area contributed by atoms with Gasteiger partial charge in [-0.2, -0.15) is 0 Å². The lowest BCUT2D eigenvalue weighted by Gasteiger charge is -2.54. The van der Waals surface area contributed by atoms with E-state index in [4.69, 9.17) is 0 Å². The molecule has 2 nitrogen and oxygen atoms in total. The summed E-state index contributed by atoms with van der Waals surface area (Å²) in [5, 5.41) is 0. The quantitative estimate of drug-likeness (QED) is 0.493. The molecule has 1 saturated carbocycles. The lowest BCUT2D eigenvalue weighted by Crippen LogP contribution is -2.53. The number of hydrogen-bond acceptors (Lipinski definition) is 2. The average molecular weight is 356 g/mol. The fourth-order valence-electron chi connectivity index (χ4n) is 3.39. The van der Waals surface area contributed by atoms with E-state index < -0.39 is 9.84 Å². The van der Waals surface area contributed by atoms with Crippen LogP contribution in [0, 0.1) is 10.8 Å². The number of alkyl halides is 2. The number of allylic oxidation sites excluding steroid dienone is 2. The summed E-state index contributed by atoms with van der Waals surface area (Å²) in [5.74, 6) is 0.719. The molecule has 0 bridgehead atoms.